The standard InChI is InChI=1S/C20H31N5S.HI/c1-5-25(6-2)14-18-9-7-8-17(12-18)13-23-20(21-4)22-11-10-19-15-26-16(3)24-19;/h7-9,12,15H,5-6,10-11,13-14H2,1-4H3,(H2,21,22,23);1H. The molecule has 0 aliphatic carbocycles. The topological polar surface area (TPSA) is 52.5 Å². The summed E-state index contributed by atoms with van der Waals surface area (Å²) in [4.78, 5) is 11.2. The van der Waals surface area contributed by atoms with E-state index < -0.39 is 0 Å². The number of rotatable bonds is 9. The molecule has 2 rings (SSSR count). The Balaban J connectivity index is 0.00000364. The number of nitrogens with zero attached hydrogens (tertiary/aromatic N) is 3. The summed E-state index contributed by atoms with van der Waals surface area (Å²) in [5, 5.41) is 9.99. The highest BCUT2D eigenvalue weighted by molar-refractivity contribution is 14.0. The zero-order valence-corrected chi connectivity index (χ0v) is 19.9. The molecule has 0 fully saturated rings. The van der Waals surface area contributed by atoms with Gasteiger partial charge in [-0.05, 0) is 31.1 Å². The van der Waals surface area contributed by atoms with Crippen LogP contribution in [-0.2, 0) is 19.5 Å². The summed E-state index contributed by atoms with van der Waals surface area (Å²) < 4.78 is 0. The van der Waals surface area contributed by atoms with Gasteiger partial charge in [-0.3, -0.25) is 9.89 Å². The number of halogens is 1. The minimum absolute atomic E-state index is 0. The molecular weight excluding hydrogens is 469 g/mol. The number of thiazole rings is 1. The highest BCUT2D eigenvalue weighted by Crippen LogP contribution is 2.09. The normalized spacial score (nSPS) is 11.4. The third-order valence-corrected chi connectivity index (χ3v) is 5.14. The highest BCUT2D eigenvalue weighted by Gasteiger charge is 2.04. The fourth-order valence-corrected chi connectivity index (χ4v) is 3.43. The number of benzene rings is 1. The fraction of sp³-hybridized carbons (Fsp3) is 0.500. The Kier molecular flexibility index (Phi) is 11.5. The Hall–Kier alpha value is -1.19. The van der Waals surface area contributed by atoms with Gasteiger partial charge >= 0.3 is 0 Å². The van der Waals surface area contributed by atoms with Crippen LogP contribution >= 0.6 is 35.3 Å². The molecule has 0 amide bonds. The van der Waals surface area contributed by atoms with Crippen LogP contribution in [0.15, 0.2) is 34.6 Å². The Morgan fingerprint density at radius 1 is 1.19 bits per heavy atom. The number of aromatic nitrogens is 1. The van der Waals surface area contributed by atoms with E-state index in [1.54, 1.807) is 18.4 Å². The molecule has 0 aliphatic heterocycles. The molecule has 0 radical (unpaired) electrons. The molecule has 0 spiro atoms. The van der Waals surface area contributed by atoms with E-state index in [1.165, 1.54) is 11.1 Å². The van der Waals surface area contributed by atoms with Crippen molar-refractivity contribution in [2.24, 2.45) is 4.99 Å². The average molecular weight is 501 g/mol. The first-order valence-corrected chi connectivity index (χ1v) is 10.2. The molecule has 7 heteroatoms. The summed E-state index contributed by atoms with van der Waals surface area (Å²) in [6, 6.07) is 8.77. The zero-order valence-electron chi connectivity index (χ0n) is 16.8. The molecule has 0 bridgehead atoms. The molecule has 1 heterocycles. The lowest BCUT2D eigenvalue weighted by atomic mass is 10.1. The second kappa shape index (κ2) is 13.1. The Labute approximate surface area is 184 Å². The van der Waals surface area contributed by atoms with E-state index in [4.69, 9.17) is 0 Å². The minimum atomic E-state index is 0. The molecule has 1 aromatic carbocycles. The van der Waals surface area contributed by atoms with Crippen LogP contribution in [0, 0.1) is 6.92 Å². The SMILES string of the molecule is CCN(CC)Cc1cccc(CNC(=NC)NCCc2csc(C)n2)c1.I. The first-order valence-electron chi connectivity index (χ1n) is 9.30. The molecule has 5 nitrogen and oxygen atoms in total. The number of aryl methyl sites for hydroxylation is 1. The lowest BCUT2D eigenvalue weighted by Gasteiger charge is -2.18. The molecule has 1 aromatic heterocycles. The van der Waals surface area contributed by atoms with Crippen molar-refractivity contribution in [3.05, 3.63) is 51.5 Å². The molecule has 2 N–H and O–H groups in total. The summed E-state index contributed by atoms with van der Waals surface area (Å²) in [6.45, 7) is 11.2. The summed E-state index contributed by atoms with van der Waals surface area (Å²) in [5.74, 6) is 0.825. The summed E-state index contributed by atoms with van der Waals surface area (Å²) in [6.07, 6.45) is 0.907. The van der Waals surface area contributed by atoms with Crippen molar-refractivity contribution in [1.82, 2.24) is 20.5 Å². The van der Waals surface area contributed by atoms with E-state index in [0.29, 0.717) is 0 Å². The molecular formula is C20H32IN5S. The van der Waals surface area contributed by atoms with Gasteiger partial charge in [0, 0.05) is 38.5 Å². The van der Waals surface area contributed by atoms with Gasteiger partial charge in [0.15, 0.2) is 5.96 Å². The monoisotopic (exact) mass is 501 g/mol. The maximum absolute atomic E-state index is 4.49. The number of hydrogen-bond donors (Lipinski definition) is 2. The van der Waals surface area contributed by atoms with Crippen LogP contribution in [0.1, 0.15) is 35.7 Å². The van der Waals surface area contributed by atoms with Crippen LogP contribution < -0.4 is 10.6 Å². The van der Waals surface area contributed by atoms with Crippen molar-refractivity contribution in [2.45, 2.75) is 40.3 Å². The maximum Gasteiger partial charge on any atom is 0.191 e. The minimum Gasteiger partial charge on any atom is -0.356 e. The van der Waals surface area contributed by atoms with E-state index >= 15 is 0 Å². The lowest BCUT2D eigenvalue weighted by molar-refractivity contribution is 0.296. The van der Waals surface area contributed by atoms with E-state index in [1.807, 2.05) is 6.92 Å². The van der Waals surface area contributed by atoms with Crippen molar-refractivity contribution in [3.8, 4) is 0 Å². The Bertz CT molecular complexity index is 697. The quantitative estimate of drug-likeness (QED) is 0.312. The molecule has 0 aliphatic rings. The van der Waals surface area contributed by atoms with Gasteiger partial charge in [0.05, 0.1) is 10.7 Å². The largest absolute Gasteiger partial charge is 0.356 e. The van der Waals surface area contributed by atoms with Crippen LogP contribution in [0.3, 0.4) is 0 Å². The Morgan fingerprint density at radius 3 is 2.56 bits per heavy atom. The van der Waals surface area contributed by atoms with Gasteiger partial charge in [-0.2, -0.15) is 0 Å². The highest BCUT2D eigenvalue weighted by atomic mass is 127. The summed E-state index contributed by atoms with van der Waals surface area (Å²) in [5.41, 5.74) is 3.77. The lowest BCUT2D eigenvalue weighted by Crippen LogP contribution is -2.37. The zero-order chi connectivity index (χ0) is 18.8. The summed E-state index contributed by atoms with van der Waals surface area (Å²) in [7, 11) is 1.80. The fourth-order valence-electron chi connectivity index (χ4n) is 2.78. The first-order chi connectivity index (χ1) is 12.6. The first kappa shape index (κ1) is 23.8. The van der Waals surface area contributed by atoms with Crippen LogP contribution in [0.5, 0.6) is 0 Å². The third-order valence-electron chi connectivity index (χ3n) is 4.32. The van der Waals surface area contributed by atoms with Crippen molar-refractivity contribution < 1.29 is 0 Å². The van der Waals surface area contributed by atoms with Crippen LogP contribution in [0.25, 0.3) is 0 Å². The maximum atomic E-state index is 4.49. The van der Waals surface area contributed by atoms with Crippen LogP contribution in [0.2, 0.25) is 0 Å². The van der Waals surface area contributed by atoms with Gasteiger partial charge < -0.3 is 10.6 Å². The molecule has 2 aromatic rings. The van der Waals surface area contributed by atoms with Gasteiger partial charge in [-0.25, -0.2) is 4.98 Å². The molecule has 0 unspecified atom stereocenters. The number of hydrogen-bond acceptors (Lipinski definition) is 4. The molecule has 0 atom stereocenters. The summed E-state index contributed by atoms with van der Waals surface area (Å²) >= 11 is 1.70. The van der Waals surface area contributed by atoms with Gasteiger partial charge in [-0.15, -0.1) is 35.3 Å². The predicted octanol–water partition coefficient (Wildman–Crippen LogP) is 3.82. The van der Waals surface area contributed by atoms with E-state index in [0.717, 1.165) is 55.8 Å². The average Bonchev–Trinajstić information content (AvgIpc) is 3.08. The predicted molar refractivity (Wildman–Crippen MR) is 127 cm³/mol. The second-order valence-corrected chi connectivity index (χ2v) is 7.30. The van der Waals surface area contributed by atoms with E-state index in [9.17, 15) is 0 Å². The van der Waals surface area contributed by atoms with Crippen LogP contribution in [0.4, 0.5) is 0 Å². The van der Waals surface area contributed by atoms with Crippen molar-refractivity contribution in [2.75, 3.05) is 26.7 Å². The molecule has 0 saturated carbocycles. The van der Waals surface area contributed by atoms with E-state index in [-0.39, 0.29) is 24.0 Å². The van der Waals surface area contributed by atoms with Gasteiger partial charge in [0.25, 0.3) is 0 Å². The number of guanidine groups is 1. The van der Waals surface area contributed by atoms with Crippen LogP contribution in [-0.4, -0.2) is 42.5 Å². The van der Waals surface area contributed by atoms with Crippen molar-refractivity contribution in [3.63, 3.8) is 0 Å². The molecule has 27 heavy (non-hydrogen) atoms. The molecule has 150 valence electrons. The van der Waals surface area contributed by atoms with Gasteiger partial charge in [0.2, 0.25) is 0 Å². The Morgan fingerprint density at radius 2 is 1.93 bits per heavy atom. The van der Waals surface area contributed by atoms with Gasteiger partial charge in [0.1, 0.15) is 0 Å². The van der Waals surface area contributed by atoms with Gasteiger partial charge in [-0.1, -0.05) is 38.1 Å². The third kappa shape index (κ3) is 8.57. The smallest absolute Gasteiger partial charge is 0.191 e. The number of nitrogens with one attached hydrogen (secondary N) is 2. The van der Waals surface area contributed by atoms with Crippen molar-refractivity contribution in [1.29, 1.82) is 0 Å². The second-order valence-electron chi connectivity index (χ2n) is 6.24. The van der Waals surface area contributed by atoms with E-state index in [2.05, 4.69) is 69.0 Å². The van der Waals surface area contributed by atoms with Crippen molar-refractivity contribution >= 4 is 41.3 Å². The molecule has 0 saturated heterocycles. The number of aliphatic imine (C=N–C) groups is 1.